The average Bonchev–Trinajstić information content (AvgIpc) is 2.86. The summed E-state index contributed by atoms with van der Waals surface area (Å²) in [4.78, 5) is 2.92. The predicted octanol–water partition coefficient (Wildman–Crippen LogP) is 5.70. The Morgan fingerprint density at radius 1 is 1.25 bits per heavy atom. The van der Waals surface area contributed by atoms with Crippen molar-refractivity contribution < 1.29 is 4.39 Å². The highest BCUT2D eigenvalue weighted by Crippen LogP contribution is 2.35. The van der Waals surface area contributed by atoms with Crippen LogP contribution in [0, 0.1) is 5.82 Å². The summed E-state index contributed by atoms with van der Waals surface area (Å²) in [5, 5.41) is 3.46. The van der Waals surface area contributed by atoms with Crippen LogP contribution >= 0.6 is 27.3 Å². The summed E-state index contributed by atoms with van der Waals surface area (Å²) in [7, 11) is 0. The molecule has 4 heteroatoms. The summed E-state index contributed by atoms with van der Waals surface area (Å²) >= 11 is 5.33. The number of thiophene rings is 1. The van der Waals surface area contributed by atoms with Gasteiger partial charge in [-0.3, -0.25) is 0 Å². The first-order valence-corrected chi connectivity index (χ1v) is 8.57. The quantitative estimate of drug-likeness (QED) is 0.745. The van der Waals surface area contributed by atoms with E-state index in [2.05, 4.69) is 34.2 Å². The summed E-state index contributed by atoms with van der Waals surface area (Å²) in [5.74, 6) is -0.221. The number of benzene rings is 1. The maximum Gasteiger partial charge on any atom is 0.124 e. The third-order valence-corrected chi connectivity index (χ3v) is 5.82. The molecule has 0 fully saturated rings. The van der Waals surface area contributed by atoms with Crippen molar-refractivity contribution in [1.29, 1.82) is 0 Å². The van der Waals surface area contributed by atoms with Gasteiger partial charge in [-0.15, -0.1) is 11.3 Å². The van der Waals surface area contributed by atoms with E-state index in [0.717, 1.165) is 10.2 Å². The highest BCUT2D eigenvalue weighted by atomic mass is 79.9. The highest BCUT2D eigenvalue weighted by Gasteiger charge is 2.17. The fourth-order valence-corrected chi connectivity index (χ4v) is 4.36. The lowest BCUT2D eigenvalue weighted by molar-refractivity contribution is 0.627. The van der Waals surface area contributed by atoms with E-state index in [1.807, 2.05) is 11.3 Å². The van der Waals surface area contributed by atoms with E-state index < -0.39 is 0 Å². The average molecular weight is 354 g/mol. The number of rotatable bonds is 3. The smallest absolute Gasteiger partial charge is 0.124 e. The van der Waals surface area contributed by atoms with E-state index in [9.17, 15) is 4.39 Å². The van der Waals surface area contributed by atoms with Crippen molar-refractivity contribution in [3.63, 3.8) is 0 Å². The zero-order chi connectivity index (χ0) is 14.1. The Bertz CT molecular complexity index is 599. The molecule has 0 bridgehead atoms. The van der Waals surface area contributed by atoms with Crippen LogP contribution in [0.15, 0.2) is 28.7 Å². The normalized spacial score (nSPS) is 15.8. The molecule has 1 heterocycles. The molecule has 0 saturated heterocycles. The van der Waals surface area contributed by atoms with Gasteiger partial charge in [0, 0.05) is 19.9 Å². The van der Waals surface area contributed by atoms with Crippen LogP contribution in [0.1, 0.15) is 41.1 Å². The minimum atomic E-state index is -0.221. The minimum Gasteiger partial charge on any atom is -0.377 e. The number of anilines is 1. The Morgan fingerprint density at radius 3 is 2.80 bits per heavy atom. The maximum absolute atomic E-state index is 13.1. The van der Waals surface area contributed by atoms with Crippen molar-refractivity contribution in [3.05, 3.63) is 49.9 Å². The molecule has 0 spiro atoms. The van der Waals surface area contributed by atoms with Crippen LogP contribution in [-0.4, -0.2) is 0 Å². The third-order valence-electron chi connectivity index (χ3n) is 3.75. The van der Waals surface area contributed by atoms with Crippen molar-refractivity contribution in [1.82, 2.24) is 0 Å². The Labute approximate surface area is 131 Å². The van der Waals surface area contributed by atoms with E-state index in [1.165, 1.54) is 48.3 Å². The van der Waals surface area contributed by atoms with E-state index >= 15 is 0 Å². The molecule has 1 nitrogen and oxygen atoms in total. The van der Waals surface area contributed by atoms with Gasteiger partial charge in [-0.25, -0.2) is 4.39 Å². The van der Waals surface area contributed by atoms with Crippen LogP contribution in [0.5, 0.6) is 0 Å². The predicted molar refractivity (Wildman–Crippen MR) is 87.1 cm³/mol. The summed E-state index contributed by atoms with van der Waals surface area (Å²) in [6.45, 7) is 2.16. The first-order valence-electron chi connectivity index (χ1n) is 6.96. The molecule has 0 aliphatic heterocycles. The molecule has 1 N–H and O–H groups in total. The summed E-state index contributed by atoms with van der Waals surface area (Å²) in [5.41, 5.74) is 2.47. The zero-order valence-electron chi connectivity index (χ0n) is 11.4. The van der Waals surface area contributed by atoms with Crippen molar-refractivity contribution in [2.45, 2.75) is 38.6 Å². The first-order chi connectivity index (χ1) is 9.63. The molecule has 1 aliphatic rings. The van der Waals surface area contributed by atoms with E-state index in [1.54, 1.807) is 10.9 Å². The number of aryl methyl sites for hydroxylation is 2. The van der Waals surface area contributed by atoms with Gasteiger partial charge in [-0.1, -0.05) is 0 Å². The number of hydrogen-bond acceptors (Lipinski definition) is 2. The summed E-state index contributed by atoms with van der Waals surface area (Å²) in [6.07, 6.45) is 5.08. The lowest BCUT2D eigenvalue weighted by atomic mass is 9.99. The Hall–Kier alpha value is -0.870. The molecule has 0 radical (unpaired) electrons. The summed E-state index contributed by atoms with van der Waals surface area (Å²) < 4.78 is 13.9. The second-order valence-electron chi connectivity index (χ2n) is 5.29. The molecule has 3 rings (SSSR count). The van der Waals surface area contributed by atoms with Gasteiger partial charge in [0.2, 0.25) is 0 Å². The molecule has 106 valence electrons. The molecule has 1 aliphatic carbocycles. The van der Waals surface area contributed by atoms with Gasteiger partial charge in [0.05, 0.1) is 6.04 Å². The minimum absolute atomic E-state index is 0.221. The fourth-order valence-electron chi connectivity index (χ4n) is 2.64. The number of nitrogens with one attached hydrogen (secondary N) is 1. The van der Waals surface area contributed by atoms with Crippen molar-refractivity contribution >= 4 is 33.0 Å². The van der Waals surface area contributed by atoms with Gasteiger partial charge in [0.15, 0.2) is 0 Å². The topological polar surface area (TPSA) is 12.0 Å². The van der Waals surface area contributed by atoms with Crippen LogP contribution in [-0.2, 0) is 12.8 Å². The first kappa shape index (κ1) is 14.1. The molecule has 1 aromatic heterocycles. The van der Waals surface area contributed by atoms with Gasteiger partial charge in [0.25, 0.3) is 0 Å². The molecule has 0 amide bonds. The van der Waals surface area contributed by atoms with E-state index in [0.29, 0.717) is 0 Å². The highest BCUT2D eigenvalue weighted by molar-refractivity contribution is 9.10. The van der Waals surface area contributed by atoms with Gasteiger partial charge < -0.3 is 5.32 Å². The molecule has 20 heavy (non-hydrogen) atoms. The van der Waals surface area contributed by atoms with Crippen LogP contribution in [0.2, 0.25) is 0 Å². The molecular weight excluding hydrogens is 337 g/mol. The van der Waals surface area contributed by atoms with Crippen molar-refractivity contribution in [2.75, 3.05) is 5.32 Å². The molecule has 0 saturated carbocycles. The Morgan fingerprint density at radius 2 is 2.05 bits per heavy atom. The monoisotopic (exact) mass is 353 g/mol. The number of fused-ring (bicyclic) bond motifs is 1. The lowest BCUT2D eigenvalue weighted by Gasteiger charge is -2.15. The Kier molecular flexibility index (Phi) is 4.13. The van der Waals surface area contributed by atoms with Gasteiger partial charge in [0.1, 0.15) is 5.82 Å². The van der Waals surface area contributed by atoms with E-state index in [4.69, 9.17) is 0 Å². The molecule has 1 aromatic carbocycles. The largest absolute Gasteiger partial charge is 0.377 e. The van der Waals surface area contributed by atoms with Gasteiger partial charge >= 0.3 is 0 Å². The second kappa shape index (κ2) is 5.86. The molecule has 1 atom stereocenters. The van der Waals surface area contributed by atoms with Crippen molar-refractivity contribution in [3.8, 4) is 0 Å². The number of hydrogen-bond donors (Lipinski definition) is 1. The molecule has 2 aromatic rings. The van der Waals surface area contributed by atoms with E-state index in [-0.39, 0.29) is 11.9 Å². The van der Waals surface area contributed by atoms with Gasteiger partial charge in [-0.05, 0) is 78.4 Å². The van der Waals surface area contributed by atoms with Crippen LogP contribution < -0.4 is 5.32 Å². The van der Waals surface area contributed by atoms with Crippen LogP contribution in [0.3, 0.4) is 0 Å². The molecule has 1 unspecified atom stereocenters. The fraction of sp³-hybridized carbons (Fsp3) is 0.375. The van der Waals surface area contributed by atoms with Gasteiger partial charge in [-0.2, -0.15) is 0 Å². The standard InChI is InChI=1S/C16H17BrFNS/c1-10(19-14-7-6-12(18)9-13(14)17)16-8-11-4-2-3-5-15(11)20-16/h6-10,19H,2-5H2,1H3. The number of halogens is 2. The maximum atomic E-state index is 13.1. The SMILES string of the molecule is CC(Nc1ccc(F)cc1Br)c1cc2c(s1)CCCC2. The van der Waals surface area contributed by atoms with Crippen LogP contribution in [0.25, 0.3) is 0 Å². The van der Waals surface area contributed by atoms with Crippen molar-refractivity contribution in [2.24, 2.45) is 0 Å². The van der Waals surface area contributed by atoms with Crippen LogP contribution in [0.4, 0.5) is 10.1 Å². The zero-order valence-corrected chi connectivity index (χ0v) is 13.8. The Balaban J connectivity index is 1.78. The molecular formula is C16H17BrFNS. The second-order valence-corrected chi connectivity index (χ2v) is 7.32. The third kappa shape index (κ3) is 2.91. The lowest BCUT2D eigenvalue weighted by Crippen LogP contribution is -2.05. The summed E-state index contributed by atoms with van der Waals surface area (Å²) in [6, 6.07) is 7.35.